The molecule has 136 valence electrons. The molecule has 1 aliphatic carbocycles. The number of nitrogens with one attached hydrogen (secondary N) is 1. The number of ether oxygens (including phenoxy) is 1. The average Bonchev–Trinajstić information content (AvgIpc) is 3.16. The second-order valence-corrected chi connectivity index (χ2v) is 7.87. The van der Waals surface area contributed by atoms with E-state index in [0.29, 0.717) is 24.0 Å². The van der Waals surface area contributed by atoms with E-state index in [4.69, 9.17) is 4.74 Å². The van der Waals surface area contributed by atoms with Crippen molar-refractivity contribution < 1.29 is 14.3 Å². The minimum Gasteiger partial charge on any atom is -0.496 e. The summed E-state index contributed by atoms with van der Waals surface area (Å²) in [5, 5.41) is 5.01. The van der Waals surface area contributed by atoms with E-state index in [0.717, 1.165) is 24.2 Å². The molecule has 0 unspecified atom stereocenters. The van der Waals surface area contributed by atoms with Crippen molar-refractivity contribution in [2.45, 2.75) is 24.8 Å². The van der Waals surface area contributed by atoms with Gasteiger partial charge in [-0.05, 0) is 35.9 Å². The SMILES string of the molecule is COc1ccccc1[C@H]1CN(C(=O)c2cccs2)C[C@H]1C(=O)NC1CC1. The predicted octanol–water partition coefficient (Wildman–Crippen LogP) is 2.89. The molecule has 5 nitrogen and oxygen atoms in total. The van der Waals surface area contributed by atoms with Crippen molar-refractivity contribution in [2.75, 3.05) is 20.2 Å². The number of amides is 2. The van der Waals surface area contributed by atoms with Gasteiger partial charge in [0.1, 0.15) is 5.75 Å². The van der Waals surface area contributed by atoms with Crippen LogP contribution in [0.15, 0.2) is 41.8 Å². The molecule has 2 heterocycles. The van der Waals surface area contributed by atoms with Crippen LogP contribution in [0.1, 0.15) is 34.0 Å². The van der Waals surface area contributed by atoms with E-state index in [1.165, 1.54) is 11.3 Å². The van der Waals surface area contributed by atoms with Crippen molar-refractivity contribution in [3.05, 3.63) is 52.2 Å². The molecule has 2 aromatic rings. The fraction of sp³-hybridized carbons (Fsp3) is 0.400. The summed E-state index contributed by atoms with van der Waals surface area (Å²) in [6.45, 7) is 0.970. The lowest BCUT2D eigenvalue weighted by Crippen LogP contribution is -2.36. The van der Waals surface area contributed by atoms with Gasteiger partial charge in [-0.3, -0.25) is 9.59 Å². The predicted molar refractivity (Wildman–Crippen MR) is 101 cm³/mol. The molecule has 1 aromatic carbocycles. The molecule has 1 aromatic heterocycles. The van der Waals surface area contributed by atoms with Crippen LogP contribution < -0.4 is 10.1 Å². The molecule has 4 rings (SSSR count). The van der Waals surface area contributed by atoms with Gasteiger partial charge in [-0.25, -0.2) is 0 Å². The monoisotopic (exact) mass is 370 g/mol. The highest BCUT2D eigenvalue weighted by atomic mass is 32.1. The van der Waals surface area contributed by atoms with Crippen LogP contribution in [-0.4, -0.2) is 43.0 Å². The Morgan fingerprint density at radius 2 is 1.96 bits per heavy atom. The molecule has 0 bridgehead atoms. The highest BCUT2D eigenvalue weighted by molar-refractivity contribution is 7.12. The maximum absolute atomic E-state index is 12.8. The first-order valence-electron chi connectivity index (χ1n) is 8.93. The van der Waals surface area contributed by atoms with E-state index in [1.807, 2.05) is 41.8 Å². The summed E-state index contributed by atoms with van der Waals surface area (Å²) < 4.78 is 5.51. The number of para-hydroxylation sites is 1. The molecule has 1 saturated heterocycles. The summed E-state index contributed by atoms with van der Waals surface area (Å²) in [6.07, 6.45) is 2.10. The number of benzene rings is 1. The van der Waals surface area contributed by atoms with Crippen molar-refractivity contribution in [1.82, 2.24) is 10.2 Å². The van der Waals surface area contributed by atoms with Crippen LogP contribution in [0.4, 0.5) is 0 Å². The van der Waals surface area contributed by atoms with Crippen LogP contribution in [0.5, 0.6) is 5.75 Å². The second kappa shape index (κ2) is 7.11. The molecule has 6 heteroatoms. The van der Waals surface area contributed by atoms with Crippen molar-refractivity contribution >= 4 is 23.2 Å². The minimum atomic E-state index is -0.254. The summed E-state index contributed by atoms with van der Waals surface area (Å²) in [4.78, 5) is 28.2. The third-order valence-corrected chi connectivity index (χ3v) is 6.00. The molecule has 0 spiro atoms. The van der Waals surface area contributed by atoms with Crippen molar-refractivity contribution in [1.29, 1.82) is 0 Å². The number of nitrogens with zero attached hydrogens (tertiary/aromatic N) is 1. The first-order valence-corrected chi connectivity index (χ1v) is 9.81. The fourth-order valence-corrected chi connectivity index (χ4v) is 4.31. The maximum Gasteiger partial charge on any atom is 0.263 e. The smallest absolute Gasteiger partial charge is 0.263 e. The lowest BCUT2D eigenvalue weighted by Gasteiger charge is -2.20. The standard InChI is InChI=1S/C20H22N2O3S/c1-25-17-6-3-2-5-14(17)15-11-22(20(24)18-7-4-10-26-18)12-16(15)19(23)21-13-8-9-13/h2-7,10,13,15-16H,8-9,11-12H2,1H3,(H,21,23)/t15-,16-/m1/s1. The highest BCUT2D eigenvalue weighted by Crippen LogP contribution is 2.38. The van der Waals surface area contributed by atoms with Gasteiger partial charge in [-0.1, -0.05) is 24.3 Å². The van der Waals surface area contributed by atoms with E-state index in [1.54, 1.807) is 12.0 Å². The average molecular weight is 370 g/mol. The zero-order valence-electron chi connectivity index (χ0n) is 14.7. The normalized spacial score (nSPS) is 22.3. The van der Waals surface area contributed by atoms with Crippen LogP contribution in [-0.2, 0) is 4.79 Å². The maximum atomic E-state index is 12.8. The number of carbonyl (C=O) groups is 2. The number of rotatable bonds is 5. The fourth-order valence-electron chi connectivity index (χ4n) is 3.62. The summed E-state index contributed by atoms with van der Waals surface area (Å²) in [6, 6.07) is 11.8. The van der Waals surface area contributed by atoms with E-state index in [9.17, 15) is 9.59 Å². The van der Waals surface area contributed by atoms with Crippen LogP contribution in [0.25, 0.3) is 0 Å². The van der Waals surface area contributed by atoms with Crippen molar-refractivity contribution in [3.8, 4) is 5.75 Å². The third kappa shape index (κ3) is 3.33. The largest absolute Gasteiger partial charge is 0.496 e. The van der Waals surface area contributed by atoms with Gasteiger partial charge in [0.15, 0.2) is 0 Å². The van der Waals surface area contributed by atoms with Gasteiger partial charge in [0.25, 0.3) is 5.91 Å². The Bertz CT molecular complexity index is 801. The Morgan fingerprint density at radius 1 is 1.15 bits per heavy atom. The summed E-state index contributed by atoms with van der Waals surface area (Å²) in [7, 11) is 1.64. The molecule has 2 fully saturated rings. The van der Waals surface area contributed by atoms with Gasteiger partial charge in [0.05, 0.1) is 17.9 Å². The molecule has 2 aliphatic rings. The summed E-state index contributed by atoms with van der Waals surface area (Å²) in [5.41, 5.74) is 0.993. The Hall–Kier alpha value is -2.34. The Balaban J connectivity index is 1.62. The highest BCUT2D eigenvalue weighted by Gasteiger charge is 2.42. The molecule has 1 N–H and O–H groups in total. The molecular formula is C20H22N2O3S. The second-order valence-electron chi connectivity index (χ2n) is 6.93. The van der Waals surface area contributed by atoms with Gasteiger partial charge in [0, 0.05) is 25.0 Å². The zero-order chi connectivity index (χ0) is 18.1. The molecule has 2 amide bonds. The number of methoxy groups -OCH3 is 1. The van der Waals surface area contributed by atoms with Crippen LogP contribution in [0.2, 0.25) is 0 Å². The van der Waals surface area contributed by atoms with Crippen LogP contribution >= 0.6 is 11.3 Å². The van der Waals surface area contributed by atoms with Crippen LogP contribution in [0, 0.1) is 5.92 Å². The zero-order valence-corrected chi connectivity index (χ0v) is 15.5. The Labute approximate surface area is 157 Å². The number of thiophene rings is 1. The van der Waals surface area contributed by atoms with E-state index in [2.05, 4.69) is 5.32 Å². The molecule has 26 heavy (non-hydrogen) atoms. The number of carbonyl (C=O) groups excluding carboxylic acids is 2. The molecule has 0 radical (unpaired) electrons. The summed E-state index contributed by atoms with van der Waals surface area (Å²) >= 11 is 1.44. The lowest BCUT2D eigenvalue weighted by atomic mass is 9.87. The molecule has 2 atom stereocenters. The topological polar surface area (TPSA) is 58.6 Å². The first-order chi connectivity index (χ1) is 12.7. The van der Waals surface area contributed by atoms with Gasteiger partial charge in [-0.2, -0.15) is 0 Å². The van der Waals surface area contributed by atoms with E-state index < -0.39 is 0 Å². The van der Waals surface area contributed by atoms with Gasteiger partial charge < -0.3 is 15.0 Å². The molecular weight excluding hydrogens is 348 g/mol. The quantitative estimate of drug-likeness (QED) is 0.880. The minimum absolute atomic E-state index is 0.00150. The van der Waals surface area contributed by atoms with Gasteiger partial charge in [0.2, 0.25) is 5.91 Å². The van der Waals surface area contributed by atoms with Crippen LogP contribution in [0.3, 0.4) is 0 Å². The summed E-state index contributed by atoms with van der Waals surface area (Å²) in [5.74, 6) is 0.503. The lowest BCUT2D eigenvalue weighted by molar-refractivity contribution is -0.125. The van der Waals surface area contributed by atoms with Crippen molar-refractivity contribution in [2.24, 2.45) is 5.92 Å². The van der Waals surface area contributed by atoms with Gasteiger partial charge in [-0.15, -0.1) is 11.3 Å². The Morgan fingerprint density at radius 3 is 2.65 bits per heavy atom. The molecule has 1 saturated carbocycles. The number of hydrogen-bond donors (Lipinski definition) is 1. The number of likely N-dealkylation sites (tertiary alicyclic amines) is 1. The Kier molecular flexibility index (Phi) is 4.68. The van der Waals surface area contributed by atoms with Crippen molar-refractivity contribution in [3.63, 3.8) is 0 Å². The first kappa shape index (κ1) is 17.1. The number of hydrogen-bond acceptors (Lipinski definition) is 4. The van der Waals surface area contributed by atoms with E-state index in [-0.39, 0.29) is 23.7 Å². The molecule has 1 aliphatic heterocycles. The van der Waals surface area contributed by atoms with Gasteiger partial charge >= 0.3 is 0 Å². The van der Waals surface area contributed by atoms with E-state index >= 15 is 0 Å². The third-order valence-electron chi connectivity index (χ3n) is 5.14.